The van der Waals surface area contributed by atoms with Crippen molar-refractivity contribution in [1.82, 2.24) is 15.0 Å². The van der Waals surface area contributed by atoms with Gasteiger partial charge < -0.3 is 20.3 Å². The summed E-state index contributed by atoms with van der Waals surface area (Å²) in [6.07, 6.45) is 7.10. The number of amides is 1. The summed E-state index contributed by atoms with van der Waals surface area (Å²) in [5, 5.41) is 6.19. The number of hydrogen-bond donors (Lipinski definition) is 2. The number of nitrogens with one attached hydrogen (secondary N) is 2. The Labute approximate surface area is 186 Å². The number of ether oxygens (including phenoxy) is 1. The van der Waals surface area contributed by atoms with Crippen molar-refractivity contribution >= 4 is 28.7 Å². The standard InChI is InChI=1S/C24H24N6O2/c1-15-5-6-25-13-19(15)20-11-18-21(14-26-20)29-24(31)23(18)16(2)28-22-4-3-17(12-27-22)30-7-9-32-10-8-30/h3-6,11-14H,7-10H2,1-2H3,(H,27,28)(H,29,31)/b23-16-. The molecule has 5 heterocycles. The Hall–Kier alpha value is -3.78. The molecule has 0 atom stereocenters. The lowest BCUT2D eigenvalue weighted by Gasteiger charge is -2.28. The summed E-state index contributed by atoms with van der Waals surface area (Å²) < 4.78 is 5.41. The SMILES string of the molecule is C/C(Nc1ccc(N2CCOCC2)cn1)=C1/C(=O)Nc2cnc(-c3cnccc3C)cc21. The van der Waals surface area contributed by atoms with Crippen LogP contribution in [-0.4, -0.2) is 47.2 Å². The van der Waals surface area contributed by atoms with E-state index in [1.807, 2.05) is 44.3 Å². The summed E-state index contributed by atoms with van der Waals surface area (Å²) in [6, 6.07) is 7.85. The Morgan fingerprint density at radius 1 is 1.09 bits per heavy atom. The highest BCUT2D eigenvalue weighted by molar-refractivity contribution is 6.32. The molecule has 0 aromatic carbocycles. The van der Waals surface area contributed by atoms with Gasteiger partial charge in [0.2, 0.25) is 0 Å². The molecule has 8 nitrogen and oxygen atoms in total. The van der Waals surface area contributed by atoms with Gasteiger partial charge in [-0.3, -0.25) is 14.8 Å². The molecule has 0 saturated carbocycles. The molecule has 0 unspecified atom stereocenters. The first-order valence-corrected chi connectivity index (χ1v) is 10.6. The smallest absolute Gasteiger partial charge is 0.258 e. The number of carbonyl (C=O) groups excluding carboxylic acids is 1. The molecule has 162 valence electrons. The van der Waals surface area contributed by atoms with Crippen LogP contribution >= 0.6 is 0 Å². The second kappa shape index (κ2) is 8.39. The fourth-order valence-corrected chi connectivity index (χ4v) is 4.04. The molecule has 1 amide bonds. The predicted octanol–water partition coefficient (Wildman–Crippen LogP) is 3.48. The van der Waals surface area contributed by atoms with Crippen molar-refractivity contribution in [1.29, 1.82) is 0 Å². The zero-order valence-corrected chi connectivity index (χ0v) is 18.1. The van der Waals surface area contributed by atoms with Crippen LogP contribution in [0.3, 0.4) is 0 Å². The maximum Gasteiger partial charge on any atom is 0.258 e. The molecule has 0 radical (unpaired) electrons. The van der Waals surface area contributed by atoms with Crippen LogP contribution < -0.4 is 15.5 Å². The molecule has 3 aromatic heterocycles. The number of carbonyl (C=O) groups is 1. The molecule has 5 rings (SSSR count). The molecule has 2 N–H and O–H groups in total. The van der Waals surface area contributed by atoms with E-state index < -0.39 is 0 Å². The third-order valence-electron chi connectivity index (χ3n) is 5.78. The van der Waals surface area contributed by atoms with Crippen molar-refractivity contribution in [2.75, 3.05) is 41.8 Å². The summed E-state index contributed by atoms with van der Waals surface area (Å²) in [4.78, 5) is 28.3. The van der Waals surface area contributed by atoms with Gasteiger partial charge in [-0.15, -0.1) is 0 Å². The molecular weight excluding hydrogens is 404 g/mol. The zero-order chi connectivity index (χ0) is 22.1. The van der Waals surface area contributed by atoms with Crippen molar-refractivity contribution in [3.05, 3.63) is 65.9 Å². The lowest BCUT2D eigenvalue weighted by atomic mass is 10.0. The quantitative estimate of drug-likeness (QED) is 0.615. The molecule has 8 heteroatoms. The second-order valence-electron chi connectivity index (χ2n) is 7.89. The summed E-state index contributed by atoms with van der Waals surface area (Å²) in [5.41, 5.74) is 6.71. The van der Waals surface area contributed by atoms with Gasteiger partial charge in [-0.05, 0) is 43.7 Å². The minimum absolute atomic E-state index is 0.156. The summed E-state index contributed by atoms with van der Waals surface area (Å²) >= 11 is 0. The molecule has 1 saturated heterocycles. The topological polar surface area (TPSA) is 92.3 Å². The van der Waals surface area contributed by atoms with Gasteiger partial charge in [0.1, 0.15) is 5.82 Å². The Morgan fingerprint density at radius 3 is 2.69 bits per heavy atom. The van der Waals surface area contributed by atoms with Gasteiger partial charge in [0.25, 0.3) is 5.91 Å². The number of rotatable bonds is 4. The van der Waals surface area contributed by atoms with Crippen molar-refractivity contribution < 1.29 is 9.53 Å². The summed E-state index contributed by atoms with van der Waals surface area (Å²) in [5.74, 6) is 0.530. The van der Waals surface area contributed by atoms with Crippen LogP contribution in [0.2, 0.25) is 0 Å². The number of nitrogens with zero attached hydrogens (tertiary/aromatic N) is 4. The number of hydrogen-bond acceptors (Lipinski definition) is 7. The number of allylic oxidation sites excluding steroid dienone is 1. The number of morpholine rings is 1. The lowest BCUT2D eigenvalue weighted by molar-refractivity contribution is -0.110. The van der Waals surface area contributed by atoms with E-state index in [-0.39, 0.29) is 5.91 Å². The van der Waals surface area contributed by atoms with Crippen LogP contribution in [-0.2, 0) is 9.53 Å². The molecule has 32 heavy (non-hydrogen) atoms. The fraction of sp³-hybridized carbons (Fsp3) is 0.250. The van der Waals surface area contributed by atoms with Crippen LogP contribution in [0.15, 0.2) is 54.7 Å². The van der Waals surface area contributed by atoms with Crippen molar-refractivity contribution in [3.8, 4) is 11.3 Å². The van der Waals surface area contributed by atoms with Gasteiger partial charge in [0.05, 0.1) is 48.2 Å². The van der Waals surface area contributed by atoms with Crippen LogP contribution in [0, 0.1) is 6.92 Å². The van der Waals surface area contributed by atoms with Crippen LogP contribution in [0.4, 0.5) is 17.2 Å². The third-order valence-corrected chi connectivity index (χ3v) is 5.78. The van der Waals surface area contributed by atoms with E-state index in [0.717, 1.165) is 60.1 Å². The first-order valence-electron chi connectivity index (χ1n) is 10.6. The minimum Gasteiger partial charge on any atom is -0.378 e. The van der Waals surface area contributed by atoms with E-state index in [1.54, 1.807) is 18.6 Å². The average molecular weight is 428 g/mol. The molecule has 3 aromatic rings. The first kappa shape index (κ1) is 20.1. The van der Waals surface area contributed by atoms with E-state index in [0.29, 0.717) is 17.1 Å². The van der Waals surface area contributed by atoms with E-state index in [4.69, 9.17) is 4.74 Å². The van der Waals surface area contributed by atoms with E-state index in [2.05, 4.69) is 30.5 Å². The molecule has 2 aliphatic heterocycles. The molecule has 0 aliphatic carbocycles. The normalized spacial score (nSPS) is 17.1. The number of pyridine rings is 3. The van der Waals surface area contributed by atoms with Gasteiger partial charge in [-0.1, -0.05) is 0 Å². The largest absolute Gasteiger partial charge is 0.378 e. The first-order chi connectivity index (χ1) is 15.6. The maximum absolute atomic E-state index is 12.8. The van der Waals surface area contributed by atoms with Crippen molar-refractivity contribution in [2.24, 2.45) is 0 Å². The number of aryl methyl sites for hydroxylation is 1. The van der Waals surface area contributed by atoms with Gasteiger partial charge >= 0.3 is 0 Å². The third kappa shape index (κ3) is 3.80. The molecule has 2 aliphatic rings. The van der Waals surface area contributed by atoms with E-state index >= 15 is 0 Å². The van der Waals surface area contributed by atoms with Gasteiger partial charge in [0, 0.05) is 42.3 Å². The lowest BCUT2D eigenvalue weighted by Crippen LogP contribution is -2.36. The second-order valence-corrected chi connectivity index (χ2v) is 7.89. The Morgan fingerprint density at radius 2 is 1.94 bits per heavy atom. The molecule has 1 fully saturated rings. The summed E-state index contributed by atoms with van der Waals surface area (Å²) in [7, 11) is 0. The van der Waals surface area contributed by atoms with Crippen molar-refractivity contribution in [3.63, 3.8) is 0 Å². The van der Waals surface area contributed by atoms with E-state index in [1.165, 1.54) is 0 Å². The number of anilines is 3. The molecular formula is C24H24N6O2. The Balaban J connectivity index is 1.43. The van der Waals surface area contributed by atoms with Gasteiger partial charge in [0.15, 0.2) is 0 Å². The monoisotopic (exact) mass is 428 g/mol. The highest BCUT2D eigenvalue weighted by Crippen LogP contribution is 2.36. The minimum atomic E-state index is -0.156. The Bertz CT molecular complexity index is 1200. The highest BCUT2D eigenvalue weighted by Gasteiger charge is 2.27. The zero-order valence-electron chi connectivity index (χ0n) is 18.1. The number of aromatic nitrogens is 3. The van der Waals surface area contributed by atoms with Crippen LogP contribution in [0.25, 0.3) is 16.8 Å². The highest BCUT2D eigenvalue weighted by atomic mass is 16.5. The van der Waals surface area contributed by atoms with Crippen LogP contribution in [0.5, 0.6) is 0 Å². The maximum atomic E-state index is 12.8. The van der Waals surface area contributed by atoms with Crippen molar-refractivity contribution in [2.45, 2.75) is 13.8 Å². The summed E-state index contributed by atoms with van der Waals surface area (Å²) in [6.45, 7) is 7.09. The van der Waals surface area contributed by atoms with Gasteiger partial charge in [-0.2, -0.15) is 0 Å². The fourth-order valence-electron chi connectivity index (χ4n) is 4.04. The number of fused-ring (bicyclic) bond motifs is 1. The van der Waals surface area contributed by atoms with E-state index in [9.17, 15) is 4.79 Å². The molecule has 0 bridgehead atoms. The van der Waals surface area contributed by atoms with Gasteiger partial charge in [-0.25, -0.2) is 4.98 Å². The Kier molecular flexibility index (Phi) is 5.28. The van der Waals surface area contributed by atoms with Crippen LogP contribution in [0.1, 0.15) is 18.1 Å². The molecule has 0 spiro atoms. The average Bonchev–Trinajstić information content (AvgIpc) is 3.15. The predicted molar refractivity (Wildman–Crippen MR) is 124 cm³/mol.